The number of aromatic carboxylic acids is 2. The summed E-state index contributed by atoms with van der Waals surface area (Å²) in [6, 6.07) is 12.2. The van der Waals surface area contributed by atoms with Crippen molar-refractivity contribution in [3.8, 4) is 0 Å². The number of hydrogen-bond acceptors (Lipinski definition) is 8. The fraction of sp³-hybridized carbons (Fsp3) is 0.609. The third kappa shape index (κ3) is 5.67. The second kappa shape index (κ2) is 13.4. The van der Waals surface area contributed by atoms with Crippen LogP contribution >= 0.6 is 0 Å². The standard InChI is InChI=1S/C46H58O8/c1-27(2)28-18-23-46(26-53-40(51)31-14-10-8-12-29(31)38(47)48)25-24-44(6)33(37(28)46)16-17-35-43(5)21-20-36(42(3,4)34(43)19-22-45(35,44)7)54-41(52)32-15-11-9-13-30(32)39(49)50/h8-15,28,33-37H,1,16-26H2,2-7H3,(H,47,48)(H,49,50)/p-2/t28?,33?,34?,35?,36?,37?,43?,44-,45-,46?/m1/s1. The summed E-state index contributed by atoms with van der Waals surface area (Å²) >= 11 is 0. The van der Waals surface area contributed by atoms with E-state index in [1.165, 1.54) is 29.8 Å². The van der Waals surface area contributed by atoms with Crippen molar-refractivity contribution < 1.29 is 38.9 Å². The van der Waals surface area contributed by atoms with E-state index >= 15 is 0 Å². The molecular formula is C46H56O8-2. The average Bonchev–Trinajstić information content (AvgIpc) is 3.52. The third-order valence-electron chi connectivity index (χ3n) is 16.7. The van der Waals surface area contributed by atoms with Crippen molar-refractivity contribution in [3.63, 3.8) is 0 Å². The normalized spacial score (nSPS) is 37.7. The average molecular weight is 737 g/mol. The molecule has 0 N–H and O–H groups in total. The zero-order valence-electron chi connectivity index (χ0n) is 32.8. The maximum Gasteiger partial charge on any atom is 0.339 e. The van der Waals surface area contributed by atoms with Crippen LogP contribution in [0.1, 0.15) is 147 Å². The molecule has 8 unspecified atom stereocenters. The van der Waals surface area contributed by atoms with Crippen LogP contribution in [0.4, 0.5) is 0 Å². The van der Waals surface area contributed by atoms with Crippen molar-refractivity contribution in [1.82, 2.24) is 0 Å². The summed E-state index contributed by atoms with van der Waals surface area (Å²) in [5, 5.41) is 23.6. The molecular weight excluding hydrogens is 680 g/mol. The first-order valence-corrected chi connectivity index (χ1v) is 20.1. The van der Waals surface area contributed by atoms with Gasteiger partial charge in [0.25, 0.3) is 0 Å². The highest BCUT2D eigenvalue weighted by atomic mass is 16.5. The lowest BCUT2D eigenvalue weighted by molar-refractivity contribution is -0.256. The number of benzene rings is 2. The molecule has 0 bridgehead atoms. The Labute approximate surface area is 320 Å². The number of allylic oxidation sites excluding steroid dienone is 1. The fourth-order valence-corrected chi connectivity index (χ4v) is 13.9. The van der Waals surface area contributed by atoms with Crippen molar-refractivity contribution in [2.24, 2.45) is 56.7 Å². The first kappa shape index (κ1) is 38.3. The Kier molecular flexibility index (Phi) is 9.49. The van der Waals surface area contributed by atoms with Crippen molar-refractivity contribution in [3.05, 3.63) is 82.9 Å². The first-order valence-electron chi connectivity index (χ1n) is 20.1. The van der Waals surface area contributed by atoms with Crippen molar-refractivity contribution in [1.29, 1.82) is 0 Å². The molecule has 5 aliphatic carbocycles. The van der Waals surface area contributed by atoms with E-state index in [0.29, 0.717) is 29.6 Å². The summed E-state index contributed by atoms with van der Waals surface area (Å²) in [6.45, 7) is 19.0. The van der Waals surface area contributed by atoms with Crippen molar-refractivity contribution in [2.45, 2.75) is 112 Å². The molecule has 0 amide bonds. The number of rotatable bonds is 8. The van der Waals surface area contributed by atoms with Gasteiger partial charge in [0.2, 0.25) is 0 Å². The fourth-order valence-electron chi connectivity index (χ4n) is 13.9. The van der Waals surface area contributed by atoms with Crippen molar-refractivity contribution >= 4 is 23.9 Å². The Morgan fingerprint density at radius 2 is 1.28 bits per heavy atom. The van der Waals surface area contributed by atoms with Gasteiger partial charge in [0.15, 0.2) is 0 Å². The van der Waals surface area contributed by atoms with Gasteiger partial charge in [-0.1, -0.05) is 83.2 Å². The number of carbonyl (C=O) groups excluding carboxylic acids is 4. The van der Waals surface area contributed by atoms with E-state index in [2.05, 4.69) is 48.1 Å². The SMILES string of the molecule is C=C(C)C1CCC2(COC(=O)c3ccccc3C(=O)[O-])CC[C@]3(C)C(CCC4C5(C)CCC(OC(=O)c6ccccc6C(=O)[O-])C(C)(C)C5CC[C@]43C)C12. The number of hydrogen-bond donors (Lipinski definition) is 0. The van der Waals surface area contributed by atoms with E-state index in [0.717, 1.165) is 64.2 Å². The second-order valence-corrected chi connectivity index (χ2v) is 19.0. The van der Waals surface area contributed by atoms with E-state index < -0.39 is 23.9 Å². The van der Waals surface area contributed by atoms with Gasteiger partial charge in [0.1, 0.15) is 6.10 Å². The number of ether oxygens (including phenoxy) is 2. The van der Waals surface area contributed by atoms with Crippen LogP contribution in [0.2, 0.25) is 0 Å². The molecule has 0 aromatic heterocycles. The van der Waals surface area contributed by atoms with E-state index in [9.17, 15) is 29.4 Å². The van der Waals surface area contributed by atoms with E-state index in [-0.39, 0.29) is 62.0 Å². The Bertz CT molecular complexity index is 1880. The van der Waals surface area contributed by atoms with Gasteiger partial charge in [-0.25, -0.2) is 9.59 Å². The van der Waals surface area contributed by atoms with Crippen LogP contribution in [-0.2, 0) is 9.47 Å². The van der Waals surface area contributed by atoms with Gasteiger partial charge < -0.3 is 29.3 Å². The van der Waals surface area contributed by atoms with Gasteiger partial charge in [-0.2, -0.15) is 0 Å². The number of carboxylic acids is 2. The molecule has 290 valence electrons. The Morgan fingerprint density at radius 3 is 1.87 bits per heavy atom. The summed E-state index contributed by atoms with van der Waals surface area (Å²) in [7, 11) is 0. The molecule has 5 fully saturated rings. The lowest BCUT2D eigenvalue weighted by atomic mass is 9.32. The van der Waals surface area contributed by atoms with Gasteiger partial charge in [-0.15, -0.1) is 0 Å². The van der Waals surface area contributed by atoms with Crippen LogP contribution in [0.15, 0.2) is 60.7 Å². The molecule has 54 heavy (non-hydrogen) atoms. The third-order valence-corrected chi connectivity index (χ3v) is 16.7. The number of fused-ring (bicyclic) bond motifs is 7. The molecule has 0 spiro atoms. The highest BCUT2D eigenvalue weighted by Gasteiger charge is 2.71. The number of carbonyl (C=O) groups is 4. The number of esters is 2. The maximum atomic E-state index is 13.5. The van der Waals surface area contributed by atoms with E-state index in [4.69, 9.17) is 9.47 Å². The molecule has 8 heteroatoms. The summed E-state index contributed by atoms with van der Waals surface area (Å²) in [4.78, 5) is 50.5. The zero-order valence-corrected chi connectivity index (χ0v) is 32.8. The molecule has 8 nitrogen and oxygen atoms in total. The highest BCUT2D eigenvalue weighted by molar-refractivity contribution is 6.02. The molecule has 0 radical (unpaired) electrons. The Morgan fingerprint density at radius 1 is 0.685 bits per heavy atom. The molecule has 0 aliphatic heterocycles. The molecule has 0 heterocycles. The van der Waals surface area contributed by atoms with E-state index in [1.807, 2.05) is 0 Å². The van der Waals surface area contributed by atoms with Gasteiger partial charge in [0.05, 0.1) is 29.7 Å². The molecule has 5 aliphatic rings. The Balaban J connectivity index is 1.14. The monoisotopic (exact) mass is 736 g/mol. The molecule has 2 aromatic rings. The molecule has 0 saturated heterocycles. The van der Waals surface area contributed by atoms with Crippen LogP contribution in [0.25, 0.3) is 0 Å². The smallest absolute Gasteiger partial charge is 0.339 e. The van der Waals surface area contributed by atoms with Crippen molar-refractivity contribution in [2.75, 3.05) is 6.61 Å². The lowest BCUT2D eigenvalue weighted by Crippen LogP contribution is -2.67. The first-order chi connectivity index (χ1) is 25.4. The van der Waals surface area contributed by atoms with Crippen LogP contribution < -0.4 is 10.2 Å². The second-order valence-electron chi connectivity index (χ2n) is 19.0. The van der Waals surface area contributed by atoms with Crippen LogP contribution in [0.3, 0.4) is 0 Å². The molecule has 5 saturated carbocycles. The quantitative estimate of drug-likeness (QED) is 0.202. The van der Waals surface area contributed by atoms with Crippen LogP contribution in [0, 0.1) is 56.7 Å². The van der Waals surface area contributed by atoms with Gasteiger partial charge in [-0.3, -0.25) is 0 Å². The largest absolute Gasteiger partial charge is 0.545 e. The molecule has 2 aromatic carbocycles. The lowest BCUT2D eigenvalue weighted by Gasteiger charge is -2.73. The molecule has 10 atom stereocenters. The van der Waals surface area contributed by atoms with Gasteiger partial charge in [0, 0.05) is 22.0 Å². The maximum absolute atomic E-state index is 13.5. The van der Waals surface area contributed by atoms with Crippen LogP contribution in [-0.4, -0.2) is 36.6 Å². The molecule has 7 rings (SSSR count). The highest BCUT2D eigenvalue weighted by Crippen LogP contribution is 2.77. The van der Waals surface area contributed by atoms with Gasteiger partial charge >= 0.3 is 11.9 Å². The van der Waals surface area contributed by atoms with Gasteiger partial charge in [-0.05, 0) is 129 Å². The number of carboxylic acid groups (broad SMARTS) is 2. The van der Waals surface area contributed by atoms with E-state index in [1.54, 1.807) is 24.3 Å². The zero-order chi connectivity index (χ0) is 39.0. The minimum Gasteiger partial charge on any atom is -0.545 e. The Hall–Kier alpha value is -3.94. The minimum absolute atomic E-state index is 0.0355. The summed E-state index contributed by atoms with van der Waals surface area (Å²) in [6.07, 6.45) is 9.60. The summed E-state index contributed by atoms with van der Waals surface area (Å²) in [5.41, 5.74) is 0.644. The predicted octanol–water partition coefficient (Wildman–Crippen LogP) is 7.45. The summed E-state index contributed by atoms with van der Waals surface area (Å²) in [5.74, 6) is -2.10. The topological polar surface area (TPSA) is 133 Å². The predicted molar refractivity (Wildman–Crippen MR) is 200 cm³/mol. The minimum atomic E-state index is -1.39. The summed E-state index contributed by atoms with van der Waals surface area (Å²) < 4.78 is 12.3. The van der Waals surface area contributed by atoms with Crippen LogP contribution in [0.5, 0.6) is 0 Å².